The lowest BCUT2D eigenvalue weighted by Crippen LogP contribution is -2.04. The van der Waals surface area contributed by atoms with E-state index in [9.17, 15) is 13.2 Å². The van der Waals surface area contributed by atoms with Crippen molar-refractivity contribution in [2.24, 2.45) is 0 Å². The molecule has 0 aliphatic rings. The highest BCUT2D eigenvalue weighted by molar-refractivity contribution is 7.16. The number of benzene rings is 1. The van der Waals surface area contributed by atoms with Gasteiger partial charge in [0.05, 0.1) is 11.3 Å². The molecule has 2 rings (SSSR count). The number of anilines is 1. The Bertz CT molecular complexity index is 681. The van der Waals surface area contributed by atoms with Gasteiger partial charge in [0.2, 0.25) is 0 Å². The summed E-state index contributed by atoms with van der Waals surface area (Å²) in [5, 5.41) is 8.98. The van der Waals surface area contributed by atoms with Gasteiger partial charge >= 0.3 is 6.18 Å². The number of alkyl halides is 3. The quantitative estimate of drug-likeness (QED) is 0.890. The Morgan fingerprint density at radius 2 is 2.05 bits per heavy atom. The molecule has 0 radical (unpaired) electrons. The smallest absolute Gasteiger partial charge is 0.397 e. The summed E-state index contributed by atoms with van der Waals surface area (Å²) in [7, 11) is 0. The molecule has 0 fully saturated rings. The second-order valence-electron chi connectivity index (χ2n) is 4.20. The molecule has 0 saturated heterocycles. The average Bonchev–Trinajstić information content (AvgIpc) is 2.74. The molecule has 2 aromatic rings. The minimum atomic E-state index is -4.39. The van der Waals surface area contributed by atoms with Crippen molar-refractivity contribution >= 4 is 17.0 Å². The van der Waals surface area contributed by atoms with E-state index in [1.165, 1.54) is 6.07 Å². The van der Waals surface area contributed by atoms with Crippen LogP contribution in [-0.2, 0) is 12.6 Å². The molecule has 0 spiro atoms. The van der Waals surface area contributed by atoms with Crippen molar-refractivity contribution in [3.05, 3.63) is 40.3 Å². The first-order chi connectivity index (χ1) is 9.38. The van der Waals surface area contributed by atoms with Gasteiger partial charge < -0.3 is 5.73 Å². The average molecular weight is 296 g/mol. The summed E-state index contributed by atoms with van der Waals surface area (Å²) in [6, 6.07) is 7.05. The van der Waals surface area contributed by atoms with Crippen LogP contribution in [0, 0.1) is 11.3 Å². The van der Waals surface area contributed by atoms with E-state index in [1.807, 2.05) is 13.0 Å². The van der Waals surface area contributed by atoms with Gasteiger partial charge in [-0.25, -0.2) is 0 Å². The number of hydrogen-bond acceptors (Lipinski definition) is 3. The van der Waals surface area contributed by atoms with Crippen molar-refractivity contribution in [3.8, 4) is 16.5 Å². The largest absolute Gasteiger partial charge is 0.416 e. The van der Waals surface area contributed by atoms with Gasteiger partial charge in [-0.15, -0.1) is 11.3 Å². The predicted octanol–water partition coefficient (Wildman–Crippen LogP) is 4.45. The van der Waals surface area contributed by atoms with Crippen molar-refractivity contribution < 1.29 is 13.2 Å². The van der Waals surface area contributed by atoms with E-state index in [-0.39, 0.29) is 0 Å². The molecule has 104 valence electrons. The molecule has 1 heterocycles. The minimum absolute atomic E-state index is 0.342. The molecule has 0 aliphatic heterocycles. The van der Waals surface area contributed by atoms with Gasteiger partial charge in [0.1, 0.15) is 10.9 Å². The van der Waals surface area contributed by atoms with Gasteiger partial charge in [-0.3, -0.25) is 0 Å². The number of hydrogen-bond donors (Lipinski definition) is 1. The van der Waals surface area contributed by atoms with Crippen LogP contribution in [0.3, 0.4) is 0 Å². The van der Waals surface area contributed by atoms with E-state index in [1.54, 1.807) is 6.07 Å². The molecule has 0 unspecified atom stereocenters. The Labute approximate surface area is 118 Å². The second kappa shape index (κ2) is 5.17. The highest BCUT2D eigenvalue weighted by Gasteiger charge is 2.30. The molecule has 1 aromatic carbocycles. The van der Waals surface area contributed by atoms with Crippen LogP contribution in [0.1, 0.15) is 22.9 Å². The van der Waals surface area contributed by atoms with Gasteiger partial charge in [0, 0.05) is 4.88 Å². The Balaban J connectivity index is 2.61. The summed E-state index contributed by atoms with van der Waals surface area (Å²) in [5.74, 6) is 0. The molecule has 0 amide bonds. The maximum absolute atomic E-state index is 12.7. The number of nitrogens with two attached hydrogens (primary N) is 1. The minimum Gasteiger partial charge on any atom is -0.397 e. The van der Waals surface area contributed by atoms with Crippen LogP contribution in [0.2, 0.25) is 0 Å². The predicted molar refractivity (Wildman–Crippen MR) is 73.3 cm³/mol. The van der Waals surface area contributed by atoms with Gasteiger partial charge in [0.25, 0.3) is 0 Å². The molecule has 0 saturated carbocycles. The zero-order valence-electron chi connectivity index (χ0n) is 10.6. The number of rotatable bonds is 2. The third-order valence-corrected chi connectivity index (χ3v) is 4.16. The number of nitrogens with zero attached hydrogens (tertiary/aromatic N) is 1. The van der Waals surface area contributed by atoms with Crippen molar-refractivity contribution in [3.63, 3.8) is 0 Å². The van der Waals surface area contributed by atoms with Crippen LogP contribution in [-0.4, -0.2) is 0 Å². The molecule has 1 aromatic heterocycles. The molecule has 2 nitrogen and oxygen atoms in total. The molecule has 0 atom stereocenters. The highest BCUT2D eigenvalue weighted by atomic mass is 32.1. The Morgan fingerprint density at radius 1 is 1.35 bits per heavy atom. The van der Waals surface area contributed by atoms with Crippen molar-refractivity contribution in [2.45, 2.75) is 19.5 Å². The zero-order chi connectivity index (χ0) is 14.9. The maximum Gasteiger partial charge on any atom is 0.416 e. The standard InChI is InChI=1S/C14H11F3N2S/c1-2-10-12(19)11(7-18)20-13(10)8-4-3-5-9(6-8)14(15,16)17/h3-6H,2,19H2,1H3. The fourth-order valence-corrected chi connectivity index (χ4v) is 3.09. The first kappa shape index (κ1) is 14.4. The van der Waals surface area contributed by atoms with Gasteiger partial charge in [-0.1, -0.05) is 19.1 Å². The van der Waals surface area contributed by atoms with E-state index in [4.69, 9.17) is 11.0 Å². The Hall–Kier alpha value is -2.00. The zero-order valence-corrected chi connectivity index (χ0v) is 11.4. The van der Waals surface area contributed by atoms with Crippen LogP contribution in [0.4, 0.5) is 18.9 Å². The van der Waals surface area contributed by atoms with Crippen LogP contribution in [0.25, 0.3) is 10.4 Å². The SMILES string of the molecule is CCc1c(-c2cccc(C(F)(F)F)c2)sc(C#N)c1N. The second-order valence-corrected chi connectivity index (χ2v) is 5.22. The summed E-state index contributed by atoms with van der Waals surface area (Å²) in [5.41, 5.74) is 6.68. The third-order valence-electron chi connectivity index (χ3n) is 2.96. The summed E-state index contributed by atoms with van der Waals surface area (Å²) in [4.78, 5) is 0.974. The molecule has 20 heavy (non-hydrogen) atoms. The maximum atomic E-state index is 12.7. The summed E-state index contributed by atoms with van der Waals surface area (Å²) < 4.78 is 38.2. The molecule has 6 heteroatoms. The fourth-order valence-electron chi connectivity index (χ4n) is 1.98. The van der Waals surface area contributed by atoms with Crippen molar-refractivity contribution in [1.29, 1.82) is 5.26 Å². The van der Waals surface area contributed by atoms with Crippen molar-refractivity contribution in [2.75, 3.05) is 5.73 Å². The van der Waals surface area contributed by atoms with Gasteiger partial charge in [-0.05, 0) is 29.7 Å². The van der Waals surface area contributed by atoms with E-state index in [2.05, 4.69) is 0 Å². The number of nitrogen functional groups attached to an aromatic ring is 1. The molecule has 2 N–H and O–H groups in total. The molecule has 0 bridgehead atoms. The number of nitriles is 1. The Kier molecular flexibility index (Phi) is 3.73. The van der Waals surface area contributed by atoms with Gasteiger partial charge in [0.15, 0.2) is 0 Å². The number of halogens is 3. The molecule has 0 aliphatic carbocycles. The molecular formula is C14H11F3N2S. The van der Waals surface area contributed by atoms with Crippen LogP contribution >= 0.6 is 11.3 Å². The van der Waals surface area contributed by atoms with E-state index < -0.39 is 11.7 Å². The Morgan fingerprint density at radius 3 is 2.60 bits per heavy atom. The van der Waals surface area contributed by atoms with Crippen LogP contribution in [0.15, 0.2) is 24.3 Å². The van der Waals surface area contributed by atoms with Crippen LogP contribution < -0.4 is 5.73 Å². The lowest BCUT2D eigenvalue weighted by Gasteiger charge is -2.09. The lowest BCUT2D eigenvalue weighted by atomic mass is 10.0. The van der Waals surface area contributed by atoms with E-state index >= 15 is 0 Å². The third kappa shape index (κ3) is 2.49. The fraction of sp³-hybridized carbons (Fsp3) is 0.214. The highest BCUT2D eigenvalue weighted by Crippen LogP contribution is 2.40. The monoisotopic (exact) mass is 296 g/mol. The van der Waals surface area contributed by atoms with E-state index in [0.717, 1.165) is 29.0 Å². The topological polar surface area (TPSA) is 49.8 Å². The van der Waals surface area contributed by atoms with E-state index in [0.29, 0.717) is 27.4 Å². The van der Waals surface area contributed by atoms with Gasteiger partial charge in [-0.2, -0.15) is 18.4 Å². The molecular weight excluding hydrogens is 285 g/mol. The lowest BCUT2D eigenvalue weighted by molar-refractivity contribution is -0.137. The van der Waals surface area contributed by atoms with Crippen molar-refractivity contribution in [1.82, 2.24) is 0 Å². The normalized spacial score (nSPS) is 11.3. The first-order valence-corrected chi connectivity index (χ1v) is 6.69. The summed E-state index contributed by atoms with van der Waals surface area (Å²) in [6.45, 7) is 1.86. The summed E-state index contributed by atoms with van der Waals surface area (Å²) in [6.07, 6.45) is -3.82. The number of thiophene rings is 1. The first-order valence-electron chi connectivity index (χ1n) is 5.87. The summed E-state index contributed by atoms with van der Waals surface area (Å²) >= 11 is 1.13. The van der Waals surface area contributed by atoms with Crippen LogP contribution in [0.5, 0.6) is 0 Å².